The van der Waals surface area contributed by atoms with E-state index in [0.29, 0.717) is 0 Å². The highest BCUT2D eigenvalue weighted by atomic mass is 79.9. The molecular weight excluding hydrogens is 294 g/mol. The van der Waals surface area contributed by atoms with Crippen molar-refractivity contribution in [2.45, 2.75) is 19.9 Å². The standard InChI is InChI=1S/C14H16BrNS/c1-9-6-4-5-7-11(9)13(16-3)14-12(15)8-10(2)17-14/h4-8,13,16H,1-3H3. The van der Waals surface area contributed by atoms with Crippen LogP contribution in [0.1, 0.15) is 26.9 Å². The predicted molar refractivity (Wildman–Crippen MR) is 78.8 cm³/mol. The summed E-state index contributed by atoms with van der Waals surface area (Å²) in [4.78, 5) is 2.68. The van der Waals surface area contributed by atoms with Crippen LogP contribution in [-0.4, -0.2) is 7.05 Å². The van der Waals surface area contributed by atoms with Gasteiger partial charge in [0.25, 0.3) is 0 Å². The highest BCUT2D eigenvalue weighted by Crippen LogP contribution is 2.36. The first kappa shape index (κ1) is 12.8. The van der Waals surface area contributed by atoms with Crippen LogP contribution in [-0.2, 0) is 0 Å². The lowest BCUT2D eigenvalue weighted by molar-refractivity contribution is 0.697. The fraction of sp³-hybridized carbons (Fsp3) is 0.286. The van der Waals surface area contributed by atoms with Crippen LogP contribution < -0.4 is 5.32 Å². The lowest BCUT2D eigenvalue weighted by Gasteiger charge is -2.18. The van der Waals surface area contributed by atoms with Crippen molar-refractivity contribution in [2.75, 3.05) is 7.05 Å². The number of rotatable bonds is 3. The Morgan fingerprint density at radius 3 is 2.47 bits per heavy atom. The van der Waals surface area contributed by atoms with Gasteiger partial charge in [0.2, 0.25) is 0 Å². The van der Waals surface area contributed by atoms with Crippen LogP contribution in [0.2, 0.25) is 0 Å². The van der Waals surface area contributed by atoms with E-state index in [1.165, 1.54) is 25.4 Å². The van der Waals surface area contributed by atoms with Crippen LogP contribution in [0, 0.1) is 13.8 Å². The molecule has 1 N–H and O–H groups in total. The van der Waals surface area contributed by atoms with Gasteiger partial charge in [-0.3, -0.25) is 0 Å². The third kappa shape index (κ3) is 2.62. The molecule has 3 heteroatoms. The van der Waals surface area contributed by atoms with Gasteiger partial charge in [0.15, 0.2) is 0 Å². The number of benzene rings is 1. The maximum absolute atomic E-state index is 3.65. The molecule has 0 aliphatic heterocycles. The van der Waals surface area contributed by atoms with E-state index in [4.69, 9.17) is 0 Å². The van der Waals surface area contributed by atoms with Gasteiger partial charge in [-0.05, 0) is 54.0 Å². The molecule has 2 aromatic rings. The molecule has 0 aliphatic carbocycles. The summed E-state index contributed by atoms with van der Waals surface area (Å²) in [6.45, 7) is 4.30. The fourth-order valence-corrected chi connectivity index (χ4v) is 4.05. The number of hydrogen-bond acceptors (Lipinski definition) is 2. The molecule has 1 aromatic heterocycles. The molecule has 2 rings (SSSR count). The summed E-state index contributed by atoms with van der Waals surface area (Å²) in [6, 6.07) is 11.0. The zero-order valence-electron chi connectivity index (χ0n) is 10.3. The van der Waals surface area contributed by atoms with Crippen molar-refractivity contribution in [1.29, 1.82) is 0 Å². The Hall–Kier alpha value is -0.640. The summed E-state index contributed by atoms with van der Waals surface area (Å²) < 4.78 is 1.20. The Morgan fingerprint density at radius 1 is 1.24 bits per heavy atom. The molecule has 1 nitrogen and oxygen atoms in total. The molecule has 0 radical (unpaired) electrons. The smallest absolute Gasteiger partial charge is 0.0682 e. The third-order valence-electron chi connectivity index (χ3n) is 2.89. The molecule has 0 fully saturated rings. The van der Waals surface area contributed by atoms with Gasteiger partial charge >= 0.3 is 0 Å². The fourth-order valence-electron chi connectivity index (χ4n) is 2.04. The number of nitrogens with one attached hydrogen (secondary N) is 1. The van der Waals surface area contributed by atoms with E-state index in [2.05, 4.69) is 65.4 Å². The molecule has 1 unspecified atom stereocenters. The van der Waals surface area contributed by atoms with Gasteiger partial charge in [0.1, 0.15) is 0 Å². The van der Waals surface area contributed by atoms with Gasteiger partial charge in [-0.2, -0.15) is 0 Å². The molecule has 90 valence electrons. The highest BCUT2D eigenvalue weighted by Gasteiger charge is 2.18. The van der Waals surface area contributed by atoms with Crippen molar-refractivity contribution < 1.29 is 0 Å². The molecule has 0 saturated heterocycles. The van der Waals surface area contributed by atoms with Gasteiger partial charge in [-0.25, -0.2) is 0 Å². The molecule has 17 heavy (non-hydrogen) atoms. The lowest BCUT2D eigenvalue weighted by Crippen LogP contribution is -2.17. The summed E-state index contributed by atoms with van der Waals surface area (Å²) in [5.41, 5.74) is 2.67. The SMILES string of the molecule is CNC(c1ccccc1C)c1sc(C)cc1Br. The minimum absolute atomic E-state index is 0.268. The van der Waals surface area contributed by atoms with E-state index in [0.717, 1.165) is 0 Å². The van der Waals surface area contributed by atoms with Crippen LogP contribution >= 0.6 is 27.3 Å². The van der Waals surface area contributed by atoms with Crippen molar-refractivity contribution in [2.24, 2.45) is 0 Å². The van der Waals surface area contributed by atoms with E-state index in [-0.39, 0.29) is 6.04 Å². The van der Waals surface area contributed by atoms with Crippen LogP contribution in [0.25, 0.3) is 0 Å². The number of aryl methyl sites for hydroxylation is 2. The van der Waals surface area contributed by atoms with Crippen LogP contribution in [0.5, 0.6) is 0 Å². The van der Waals surface area contributed by atoms with Crippen molar-refractivity contribution in [3.8, 4) is 0 Å². The Bertz CT molecular complexity index is 519. The van der Waals surface area contributed by atoms with Gasteiger partial charge in [-0.15, -0.1) is 11.3 Å². The van der Waals surface area contributed by atoms with E-state index in [1.807, 2.05) is 18.4 Å². The lowest BCUT2D eigenvalue weighted by atomic mass is 10.0. The molecule has 0 bridgehead atoms. The number of thiophene rings is 1. The highest BCUT2D eigenvalue weighted by molar-refractivity contribution is 9.10. The van der Waals surface area contributed by atoms with E-state index >= 15 is 0 Å². The molecular formula is C14H16BrNS. The summed E-state index contributed by atoms with van der Waals surface area (Å²) in [5, 5.41) is 3.41. The van der Waals surface area contributed by atoms with Gasteiger partial charge in [0.05, 0.1) is 6.04 Å². The molecule has 0 spiro atoms. The maximum Gasteiger partial charge on any atom is 0.0682 e. The first-order chi connectivity index (χ1) is 8.13. The Balaban J connectivity index is 2.47. The zero-order valence-corrected chi connectivity index (χ0v) is 12.7. The second-order valence-corrected chi connectivity index (χ2v) is 6.29. The largest absolute Gasteiger partial charge is 0.309 e. The van der Waals surface area contributed by atoms with Gasteiger partial charge < -0.3 is 5.32 Å². The Labute approximate surface area is 115 Å². The van der Waals surface area contributed by atoms with Crippen molar-refractivity contribution in [3.05, 3.63) is 55.7 Å². The number of halogens is 1. The van der Waals surface area contributed by atoms with Gasteiger partial charge in [0, 0.05) is 14.2 Å². The van der Waals surface area contributed by atoms with E-state index in [1.54, 1.807) is 0 Å². The summed E-state index contributed by atoms with van der Waals surface area (Å²) >= 11 is 5.49. The van der Waals surface area contributed by atoms with Crippen molar-refractivity contribution in [3.63, 3.8) is 0 Å². The topological polar surface area (TPSA) is 12.0 Å². The average molecular weight is 310 g/mol. The summed E-state index contributed by atoms with van der Waals surface area (Å²) in [6.07, 6.45) is 0. The second-order valence-electron chi connectivity index (χ2n) is 4.15. The summed E-state index contributed by atoms with van der Waals surface area (Å²) in [7, 11) is 2.01. The molecule has 1 aromatic carbocycles. The molecule has 1 atom stereocenters. The van der Waals surface area contributed by atoms with E-state index < -0.39 is 0 Å². The van der Waals surface area contributed by atoms with E-state index in [9.17, 15) is 0 Å². The normalized spacial score (nSPS) is 12.7. The van der Waals surface area contributed by atoms with Crippen molar-refractivity contribution in [1.82, 2.24) is 5.32 Å². The minimum Gasteiger partial charge on any atom is -0.309 e. The van der Waals surface area contributed by atoms with Crippen LogP contribution in [0.4, 0.5) is 0 Å². The first-order valence-electron chi connectivity index (χ1n) is 5.62. The van der Waals surface area contributed by atoms with Gasteiger partial charge in [-0.1, -0.05) is 24.3 Å². The monoisotopic (exact) mass is 309 g/mol. The molecule has 1 heterocycles. The Morgan fingerprint density at radius 2 is 1.94 bits per heavy atom. The predicted octanol–water partition coefficient (Wildman–Crippen LogP) is 4.44. The summed E-state index contributed by atoms with van der Waals surface area (Å²) in [5.74, 6) is 0. The first-order valence-corrected chi connectivity index (χ1v) is 7.23. The van der Waals surface area contributed by atoms with Crippen LogP contribution in [0.15, 0.2) is 34.8 Å². The zero-order chi connectivity index (χ0) is 12.4. The third-order valence-corrected chi connectivity index (χ3v) is 4.92. The molecule has 0 aliphatic rings. The van der Waals surface area contributed by atoms with Crippen LogP contribution in [0.3, 0.4) is 0 Å². The molecule has 0 saturated carbocycles. The minimum atomic E-state index is 0.268. The maximum atomic E-state index is 3.65. The Kier molecular flexibility index (Phi) is 4.02. The average Bonchev–Trinajstić information content (AvgIpc) is 2.62. The second kappa shape index (κ2) is 5.34. The number of hydrogen-bond donors (Lipinski definition) is 1. The molecule has 0 amide bonds. The quantitative estimate of drug-likeness (QED) is 0.884. The van der Waals surface area contributed by atoms with Crippen molar-refractivity contribution >= 4 is 27.3 Å².